The van der Waals surface area contributed by atoms with Crippen LogP contribution in [0.4, 0.5) is 0 Å². The maximum Gasteiger partial charge on any atom is 0.250 e. The monoisotopic (exact) mass is 290 g/mol. The van der Waals surface area contributed by atoms with Gasteiger partial charge in [0.2, 0.25) is 0 Å². The Balaban J connectivity index is 2.48. The van der Waals surface area contributed by atoms with Crippen molar-refractivity contribution < 1.29 is 4.79 Å². The fourth-order valence-corrected chi connectivity index (χ4v) is 1.96. The third-order valence-electron chi connectivity index (χ3n) is 2.45. The van der Waals surface area contributed by atoms with E-state index >= 15 is 0 Å². The van der Waals surface area contributed by atoms with Gasteiger partial charge in [0.1, 0.15) is 0 Å². The number of carbonyl (C=O) groups excluding carboxylic acids is 1. The van der Waals surface area contributed by atoms with Crippen LogP contribution in [0.5, 0.6) is 0 Å². The van der Waals surface area contributed by atoms with E-state index in [1.807, 2.05) is 24.3 Å². The summed E-state index contributed by atoms with van der Waals surface area (Å²) in [6.45, 7) is 0. The number of primary amides is 1. The SMILES string of the molecule is NC(=O)c1cccnc1-c1ccc(CBr)cc1. The second-order valence-corrected chi connectivity index (χ2v) is 4.16. The second-order valence-electron chi connectivity index (χ2n) is 3.59. The van der Waals surface area contributed by atoms with Crippen molar-refractivity contribution in [1.82, 2.24) is 4.98 Å². The minimum atomic E-state index is -0.460. The molecule has 0 bridgehead atoms. The number of hydrogen-bond donors (Lipinski definition) is 1. The summed E-state index contributed by atoms with van der Waals surface area (Å²) in [5.74, 6) is -0.460. The summed E-state index contributed by atoms with van der Waals surface area (Å²) >= 11 is 3.39. The van der Waals surface area contributed by atoms with Gasteiger partial charge in [-0.3, -0.25) is 9.78 Å². The van der Waals surface area contributed by atoms with E-state index in [1.165, 1.54) is 5.56 Å². The van der Waals surface area contributed by atoms with Gasteiger partial charge in [0, 0.05) is 17.1 Å². The zero-order chi connectivity index (χ0) is 12.3. The van der Waals surface area contributed by atoms with Crippen molar-refractivity contribution in [2.45, 2.75) is 5.33 Å². The fourth-order valence-electron chi connectivity index (χ4n) is 1.59. The minimum absolute atomic E-state index is 0.444. The highest BCUT2D eigenvalue weighted by Gasteiger charge is 2.10. The zero-order valence-corrected chi connectivity index (χ0v) is 10.6. The zero-order valence-electron chi connectivity index (χ0n) is 9.06. The van der Waals surface area contributed by atoms with Crippen LogP contribution in [-0.2, 0) is 5.33 Å². The highest BCUT2D eigenvalue weighted by Crippen LogP contribution is 2.21. The molecule has 1 aromatic carbocycles. The van der Waals surface area contributed by atoms with E-state index in [0.29, 0.717) is 11.3 Å². The summed E-state index contributed by atoms with van der Waals surface area (Å²) in [6, 6.07) is 11.2. The molecular weight excluding hydrogens is 280 g/mol. The third kappa shape index (κ3) is 2.53. The minimum Gasteiger partial charge on any atom is -0.366 e. The lowest BCUT2D eigenvalue weighted by molar-refractivity contribution is 0.100. The molecule has 86 valence electrons. The van der Waals surface area contributed by atoms with Gasteiger partial charge in [-0.2, -0.15) is 0 Å². The van der Waals surface area contributed by atoms with Gasteiger partial charge in [-0.05, 0) is 17.7 Å². The summed E-state index contributed by atoms with van der Waals surface area (Å²) in [7, 11) is 0. The summed E-state index contributed by atoms with van der Waals surface area (Å²) in [4.78, 5) is 15.5. The van der Waals surface area contributed by atoms with Gasteiger partial charge < -0.3 is 5.73 Å². The molecule has 1 amide bonds. The largest absolute Gasteiger partial charge is 0.366 e. The van der Waals surface area contributed by atoms with Gasteiger partial charge in [0.15, 0.2) is 0 Å². The van der Waals surface area contributed by atoms with E-state index in [-0.39, 0.29) is 0 Å². The second kappa shape index (κ2) is 5.10. The van der Waals surface area contributed by atoms with Crippen LogP contribution in [-0.4, -0.2) is 10.9 Å². The number of benzene rings is 1. The first-order valence-corrected chi connectivity index (χ1v) is 6.24. The van der Waals surface area contributed by atoms with Crippen LogP contribution in [0.3, 0.4) is 0 Å². The van der Waals surface area contributed by atoms with E-state index in [0.717, 1.165) is 10.9 Å². The van der Waals surface area contributed by atoms with Crippen LogP contribution in [0.1, 0.15) is 15.9 Å². The number of amides is 1. The van der Waals surface area contributed by atoms with E-state index in [4.69, 9.17) is 5.73 Å². The molecule has 4 heteroatoms. The smallest absolute Gasteiger partial charge is 0.250 e. The normalized spacial score (nSPS) is 10.2. The molecular formula is C13H11BrN2O. The number of carbonyl (C=O) groups is 1. The van der Waals surface area contributed by atoms with Gasteiger partial charge in [-0.1, -0.05) is 40.2 Å². The van der Waals surface area contributed by atoms with Gasteiger partial charge in [0.05, 0.1) is 11.3 Å². The van der Waals surface area contributed by atoms with E-state index < -0.39 is 5.91 Å². The van der Waals surface area contributed by atoms with Crippen molar-refractivity contribution in [1.29, 1.82) is 0 Å². The molecule has 0 fully saturated rings. The van der Waals surface area contributed by atoms with Crippen molar-refractivity contribution in [3.8, 4) is 11.3 Å². The van der Waals surface area contributed by atoms with Crippen LogP contribution >= 0.6 is 15.9 Å². The van der Waals surface area contributed by atoms with E-state index in [2.05, 4.69) is 20.9 Å². The van der Waals surface area contributed by atoms with Crippen LogP contribution in [0.15, 0.2) is 42.6 Å². The number of hydrogen-bond acceptors (Lipinski definition) is 2. The van der Waals surface area contributed by atoms with Gasteiger partial charge >= 0.3 is 0 Å². The van der Waals surface area contributed by atoms with Crippen LogP contribution < -0.4 is 5.73 Å². The maximum atomic E-state index is 11.3. The highest BCUT2D eigenvalue weighted by molar-refractivity contribution is 9.08. The van der Waals surface area contributed by atoms with E-state index in [9.17, 15) is 4.79 Å². The quantitative estimate of drug-likeness (QED) is 0.884. The Morgan fingerprint density at radius 2 is 1.94 bits per heavy atom. The number of rotatable bonds is 3. The standard InChI is InChI=1S/C13H11BrN2O/c14-8-9-3-5-10(6-4-9)12-11(13(15)17)2-1-7-16-12/h1-7H,8H2,(H2,15,17). The highest BCUT2D eigenvalue weighted by atomic mass is 79.9. The van der Waals surface area contributed by atoms with Crippen molar-refractivity contribution in [2.24, 2.45) is 5.73 Å². The number of pyridine rings is 1. The number of alkyl halides is 1. The molecule has 2 N–H and O–H groups in total. The van der Waals surface area contributed by atoms with Crippen molar-refractivity contribution >= 4 is 21.8 Å². The number of nitrogens with zero attached hydrogens (tertiary/aromatic N) is 1. The summed E-state index contributed by atoms with van der Waals surface area (Å²) < 4.78 is 0. The lowest BCUT2D eigenvalue weighted by Gasteiger charge is -2.05. The predicted molar refractivity (Wildman–Crippen MR) is 70.8 cm³/mol. The molecule has 0 atom stereocenters. The van der Waals surface area contributed by atoms with Gasteiger partial charge in [0.25, 0.3) is 5.91 Å². The molecule has 0 saturated carbocycles. The molecule has 2 rings (SSSR count). The third-order valence-corrected chi connectivity index (χ3v) is 3.10. The Morgan fingerprint density at radius 3 is 2.53 bits per heavy atom. The average molecular weight is 291 g/mol. The lowest BCUT2D eigenvalue weighted by atomic mass is 10.0. The van der Waals surface area contributed by atoms with Crippen molar-refractivity contribution in [3.05, 3.63) is 53.7 Å². The molecule has 0 aliphatic heterocycles. The fraction of sp³-hybridized carbons (Fsp3) is 0.0769. The molecule has 0 spiro atoms. The lowest BCUT2D eigenvalue weighted by Crippen LogP contribution is -2.12. The Hall–Kier alpha value is -1.68. The van der Waals surface area contributed by atoms with Crippen LogP contribution in [0, 0.1) is 0 Å². The topological polar surface area (TPSA) is 56.0 Å². The number of halogens is 1. The molecule has 0 radical (unpaired) electrons. The van der Waals surface area contributed by atoms with Crippen LogP contribution in [0.2, 0.25) is 0 Å². The van der Waals surface area contributed by atoms with E-state index in [1.54, 1.807) is 18.3 Å². The maximum absolute atomic E-state index is 11.3. The van der Waals surface area contributed by atoms with Gasteiger partial charge in [-0.25, -0.2) is 0 Å². The molecule has 2 aromatic rings. The first kappa shape index (κ1) is 11.8. The number of nitrogens with two attached hydrogens (primary N) is 1. The molecule has 0 saturated heterocycles. The van der Waals surface area contributed by atoms with Crippen molar-refractivity contribution in [2.75, 3.05) is 0 Å². The molecule has 17 heavy (non-hydrogen) atoms. The molecule has 0 aliphatic rings. The number of aromatic nitrogens is 1. The van der Waals surface area contributed by atoms with Gasteiger partial charge in [-0.15, -0.1) is 0 Å². The summed E-state index contributed by atoms with van der Waals surface area (Å²) in [5, 5.41) is 0.804. The summed E-state index contributed by atoms with van der Waals surface area (Å²) in [6.07, 6.45) is 1.65. The first-order chi connectivity index (χ1) is 8.22. The molecule has 3 nitrogen and oxygen atoms in total. The van der Waals surface area contributed by atoms with Crippen LogP contribution in [0.25, 0.3) is 11.3 Å². The summed E-state index contributed by atoms with van der Waals surface area (Å²) in [5.41, 5.74) is 8.46. The molecule has 1 aromatic heterocycles. The Labute approximate surface area is 108 Å². The average Bonchev–Trinajstić information content (AvgIpc) is 2.39. The Bertz CT molecular complexity index is 537. The molecule has 0 aliphatic carbocycles. The Kier molecular flexibility index (Phi) is 3.54. The molecule has 0 unspecified atom stereocenters. The first-order valence-electron chi connectivity index (χ1n) is 5.12. The van der Waals surface area contributed by atoms with Crippen molar-refractivity contribution in [3.63, 3.8) is 0 Å². The molecule has 1 heterocycles. The Morgan fingerprint density at radius 1 is 1.24 bits per heavy atom. The predicted octanol–water partition coefficient (Wildman–Crippen LogP) is 2.74.